The van der Waals surface area contributed by atoms with E-state index in [-0.39, 0.29) is 20.1 Å². The average molecular weight is 543 g/mol. The van der Waals surface area contributed by atoms with Crippen LogP contribution in [0.25, 0.3) is 44.4 Å². The molecule has 4 aromatic rings. The molecule has 3 aromatic carbocycles. The van der Waals surface area contributed by atoms with Crippen molar-refractivity contribution in [2.75, 3.05) is 0 Å². The molecule has 0 saturated heterocycles. The Labute approximate surface area is 174 Å². The molecule has 0 fully saturated rings. The van der Waals surface area contributed by atoms with Crippen LogP contribution in [0.15, 0.2) is 66.7 Å². The molecule has 0 unspecified atom stereocenters. The van der Waals surface area contributed by atoms with Gasteiger partial charge < -0.3 is 0 Å². The Morgan fingerprint density at radius 1 is 0.778 bits per heavy atom. The molecule has 1 aromatic heterocycles. The molecule has 1 radical (unpaired) electrons. The number of hydrogen-bond acceptors (Lipinski definition) is 1. The molecule has 135 valence electrons. The summed E-state index contributed by atoms with van der Waals surface area (Å²) in [5.41, 5.74) is 8.39. The van der Waals surface area contributed by atoms with Gasteiger partial charge in [-0.1, -0.05) is 62.1 Å². The van der Waals surface area contributed by atoms with Crippen molar-refractivity contribution in [1.29, 1.82) is 0 Å². The maximum atomic E-state index is 5.00. The first-order valence-electron chi connectivity index (χ1n) is 9.08. The summed E-state index contributed by atoms with van der Waals surface area (Å²) >= 11 is 0. The Morgan fingerprint density at radius 3 is 2.22 bits per heavy atom. The predicted molar refractivity (Wildman–Crippen MR) is 113 cm³/mol. The van der Waals surface area contributed by atoms with Crippen LogP contribution in [0.3, 0.4) is 0 Å². The van der Waals surface area contributed by atoms with Gasteiger partial charge in [-0.15, -0.1) is 35.0 Å². The third-order valence-electron chi connectivity index (χ3n) is 5.28. The van der Waals surface area contributed by atoms with E-state index in [2.05, 4.69) is 92.4 Å². The van der Waals surface area contributed by atoms with Gasteiger partial charge in [0.05, 0.1) is 13.6 Å². The van der Waals surface area contributed by atoms with E-state index in [9.17, 15) is 0 Å². The van der Waals surface area contributed by atoms with Crippen molar-refractivity contribution >= 4 is 24.2 Å². The number of pyridine rings is 1. The number of fused-ring (bicyclic) bond motifs is 3. The molecular weight excluding hydrogens is 523 g/mol. The monoisotopic (exact) mass is 543 g/mol. The molecule has 0 N–H and O–H groups in total. The van der Waals surface area contributed by atoms with Crippen molar-refractivity contribution in [3.05, 3.63) is 72.8 Å². The molecule has 0 amide bonds. The summed E-state index contributed by atoms with van der Waals surface area (Å²) in [6, 6.07) is 27.3. The number of hydrogen-bond donors (Lipinski definition) is 0. The molecule has 0 aliphatic heterocycles. The van der Waals surface area contributed by atoms with Crippen molar-refractivity contribution in [2.45, 2.75) is 19.6 Å². The van der Waals surface area contributed by atoms with E-state index in [1.807, 2.05) is 0 Å². The van der Waals surface area contributed by atoms with Crippen molar-refractivity contribution in [3.8, 4) is 33.5 Å². The molecule has 0 spiro atoms. The largest absolute Gasteiger partial charge is 0.296 e. The zero-order valence-corrected chi connectivity index (χ0v) is 19.0. The molecule has 5 rings (SSSR count). The first kappa shape index (κ1) is 18.3. The van der Waals surface area contributed by atoms with E-state index in [4.69, 9.17) is 4.98 Å². The first-order valence-corrected chi connectivity index (χ1v) is 12.6. The zero-order chi connectivity index (χ0) is 17.9. The van der Waals surface area contributed by atoms with Crippen LogP contribution < -0.4 is 5.19 Å². The molecule has 1 nitrogen and oxygen atoms in total. The number of aromatic nitrogens is 1. The SMILES string of the molecule is C[Si](C)(C)c1cc[c-]c(-c2cc3c4c(cccc4n2)-c2ccccc2-3)c1.[Ir]. The van der Waals surface area contributed by atoms with E-state index in [0.29, 0.717) is 0 Å². The molecule has 0 bridgehead atoms. The van der Waals surface area contributed by atoms with Crippen molar-refractivity contribution in [2.24, 2.45) is 0 Å². The van der Waals surface area contributed by atoms with E-state index in [1.165, 1.54) is 32.8 Å². The number of rotatable bonds is 2. The second-order valence-electron chi connectivity index (χ2n) is 8.04. The minimum absolute atomic E-state index is 0. The van der Waals surface area contributed by atoms with Gasteiger partial charge in [-0.2, -0.15) is 0 Å². The van der Waals surface area contributed by atoms with Crippen LogP contribution in [-0.2, 0) is 20.1 Å². The van der Waals surface area contributed by atoms with Crippen LogP contribution in [0.1, 0.15) is 0 Å². The topological polar surface area (TPSA) is 12.9 Å². The number of benzene rings is 3. The maximum absolute atomic E-state index is 5.00. The quantitative estimate of drug-likeness (QED) is 0.200. The van der Waals surface area contributed by atoms with Crippen LogP contribution in [0, 0.1) is 6.07 Å². The fraction of sp³-hybridized carbons (Fsp3) is 0.125. The summed E-state index contributed by atoms with van der Waals surface area (Å²) in [7, 11) is -1.37. The van der Waals surface area contributed by atoms with E-state index >= 15 is 0 Å². The third-order valence-corrected chi connectivity index (χ3v) is 7.33. The van der Waals surface area contributed by atoms with Gasteiger partial charge in [0.15, 0.2) is 0 Å². The second-order valence-corrected chi connectivity index (χ2v) is 13.1. The van der Waals surface area contributed by atoms with Crippen molar-refractivity contribution < 1.29 is 20.1 Å². The molecule has 1 aliphatic carbocycles. The van der Waals surface area contributed by atoms with Gasteiger partial charge in [0.2, 0.25) is 0 Å². The second kappa shape index (κ2) is 6.52. The van der Waals surface area contributed by atoms with Gasteiger partial charge in [0.1, 0.15) is 0 Å². The summed E-state index contributed by atoms with van der Waals surface area (Å²) < 4.78 is 0. The summed E-state index contributed by atoms with van der Waals surface area (Å²) in [6.45, 7) is 7.13. The standard InChI is InChI=1S/C24H20NSi.Ir/c1-26(2,3)17-9-6-8-16(14-17)23-15-21-19-11-5-4-10-18(19)20-12-7-13-22(25-23)24(20)21;/h4-7,9-15H,1-3H3;/q-1;. The summed E-state index contributed by atoms with van der Waals surface area (Å²) in [5.74, 6) is 0. The summed E-state index contributed by atoms with van der Waals surface area (Å²) in [5, 5.41) is 2.72. The average Bonchev–Trinajstić information content (AvgIpc) is 2.97. The Balaban J connectivity index is 0.00000180. The minimum atomic E-state index is -1.37. The molecular formula is C24H20IrNSi-. The zero-order valence-electron chi connectivity index (χ0n) is 15.6. The fourth-order valence-corrected chi connectivity index (χ4v) is 5.06. The van der Waals surface area contributed by atoms with Gasteiger partial charge in [-0.25, -0.2) is 0 Å². The predicted octanol–water partition coefficient (Wildman–Crippen LogP) is 5.89. The summed E-state index contributed by atoms with van der Waals surface area (Å²) in [6.07, 6.45) is 0. The van der Waals surface area contributed by atoms with Gasteiger partial charge in [-0.3, -0.25) is 4.98 Å². The van der Waals surface area contributed by atoms with E-state index < -0.39 is 8.07 Å². The first-order chi connectivity index (χ1) is 12.5. The molecule has 1 aliphatic rings. The van der Waals surface area contributed by atoms with Crippen LogP contribution in [0.5, 0.6) is 0 Å². The molecule has 1 heterocycles. The fourth-order valence-electron chi connectivity index (χ4n) is 3.90. The smallest absolute Gasteiger partial charge is 0.0607 e. The minimum Gasteiger partial charge on any atom is -0.296 e. The Hall–Kier alpha value is -2.06. The van der Waals surface area contributed by atoms with Gasteiger partial charge in [-0.05, 0) is 34.0 Å². The van der Waals surface area contributed by atoms with Gasteiger partial charge in [0, 0.05) is 25.5 Å². The Kier molecular flexibility index (Phi) is 4.42. The number of nitrogens with zero attached hydrogens (tertiary/aromatic N) is 1. The van der Waals surface area contributed by atoms with E-state index in [1.54, 1.807) is 0 Å². The van der Waals surface area contributed by atoms with Crippen molar-refractivity contribution in [3.63, 3.8) is 0 Å². The summed E-state index contributed by atoms with van der Waals surface area (Å²) in [4.78, 5) is 5.00. The van der Waals surface area contributed by atoms with Crippen LogP contribution >= 0.6 is 0 Å². The normalized spacial score (nSPS) is 12.0. The third kappa shape index (κ3) is 2.91. The molecule has 3 heteroatoms. The Bertz CT molecular complexity index is 1170. The van der Waals surface area contributed by atoms with E-state index in [0.717, 1.165) is 16.8 Å². The molecule has 0 atom stereocenters. The molecule has 27 heavy (non-hydrogen) atoms. The van der Waals surface area contributed by atoms with Crippen LogP contribution in [0.2, 0.25) is 19.6 Å². The van der Waals surface area contributed by atoms with Crippen LogP contribution in [-0.4, -0.2) is 13.1 Å². The molecule has 0 saturated carbocycles. The van der Waals surface area contributed by atoms with Gasteiger partial charge >= 0.3 is 0 Å². The Morgan fingerprint density at radius 2 is 1.48 bits per heavy atom. The maximum Gasteiger partial charge on any atom is 0.0607 e. The van der Waals surface area contributed by atoms with Gasteiger partial charge in [0.25, 0.3) is 0 Å². The van der Waals surface area contributed by atoms with Crippen LogP contribution in [0.4, 0.5) is 0 Å². The van der Waals surface area contributed by atoms with Crippen molar-refractivity contribution in [1.82, 2.24) is 4.98 Å².